The Labute approximate surface area is 158 Å². The van der Waals surface area contributed by atoms with E-state index in [0.29, 0.717) is 15.8 Å². The molecule has 26 heavy (non-hydrogen) atoms. The van der Waals surface area contributed by atoms with Crippen LogP contribution in [0.4, 0.5) is 20.0 Å². The summed E-state index contributed by atoms with van der Waals surface area (Å²) >= 11 is 7.07. The number of hydrogen-bond acceptors (Lipinski definition) is 5. The lowest BCUT2D eigenvalue weighted by Crippen LogP contribution is -2.19. The molecule has 0 atom stereocenters. The van der Waals surface area contributed by atoms with Gasteiger partial charge in [-0.05, 0) is 42.8 Å². The molecule has 0 fully saturated rings. The molecule has 2 amide bonds. The number of aromatic nitrogens is 2. The number of halogens is 2. The molecule has 1 aromatic heterocycles. The van der Waals surface area contributed by atoms with Crippen molar-refractivity contribution in [3.63, 3.8) is 0 Å². The summed E-state index contributed by atoms with van der Waals surface area (Å²) in [6.07, 6.45) is 0. The molecule has 6 nitrogen and oxygen atoms in total. The van der Waals surface area contributed by atoms with Gasteiger partial charge in [-0.15, -0.1) is 10.2 Å². The van der Waals surface area contributed by atoms with Crippen LogP contribution in [0.25, 0.3) is 0 Å². The number of para-hydroxylation sites is 1. The maximum absolute atomic E-state index is 13.5. The first-order chi connectivity index (χ1) is 12.5. The zero-order valence-corrected chi connectivity index (χ0v) is 15.2. The first-order valence-electron chi connectivity index (χ1n) is 7.55. The lowest BCUT2D eigenvalue weighted by atomic mass is 10.2. The van der Waals surface area contributed by atoms with Crippen molar-refractivity contribution in [1.82, 2.24) is 10.2 Å². The zero-order chi connectivity index (χ0) is 18.5. The summed E-state index contributed by atoms with van der Waals surface area (Å²) in [5.41, 5.74) is 0.987. The van der Waals surface area contributed by atoms with Gasteiger partial charge in [0.15, 0.2) is 5.01 Å². The first kappa shape index (κ1) is 18.1. The third-order valence-electron chi connectivity index (χ3n) is 3.30. The molecule has 0 unspecified atom stereocenters. The van der Waals surface area contributed by atoms with Crippen LogP contribution in [0.15, 0.2) is 42.5 Å². The molecular weight excluding hydrogens is 379 g/mol. The molecular formula is C17H14ClFN4O2S. The normalized spacial score (nSPS) is 10.4. The van der Waals surface area contributed by atoms with E-state index in [-0.39, 0.29) is 17.4 Å². The number of nitrogens with one attached hydrogen (secondary N) is 2. The van der Waals surface area contributed by atoms with Gasteiger partial charge in [-0.2, -0.15) is 0 Å². The Morgan fingerprint density at radius 3 is 2.81 bits per heavy atom. The largest absolute Gasteiger partial charge is 0.486 e. The lowest BCUT2D eigenvalue weighted by molar-refractivity contribution is 0.262. The standard InChI is InChI=1S/C17H14ClFN4O2S/c1-10-8-11(18)6-7-14(10)25-9-15-22-23-17(26-15)21-16(24)20-13-5-3-2-4-12(13)19/h2-8H,9H2,1H3,(H2,20,21,23,24). The van der Waals surface area contributed by atoms with Crippen molar-refractivity contribution in [2.45, 2.75) is 13.5 Å². The molecule has 0 spiro atoms. The molecule has 2 N–H and O–H groups in total. The highest BCUT2D eigenvalue weighted by Crippen LogP contribution is 2.24. The van der Waals surface area contributed by atoms with Gasteiger partial charge in [-0.3, -0.25) is 5.32 Å². The molecule has 3 rings (SSSR count). The van der Waals surface area contributed by atoms with Crippen LogP contribution in [-0.2, 0) is 6.61 Å². The van der Waals surface area contributed by atoms with Crippen LogP contribution in [0.3, 0.4) is 0 Å². The van der Waals surface area contributed by atoms with E-state index in [4.69, 9.17) is 16.3 Å². The highest BCUT2D eigenvalue weighted by atomic mass is 35.5. The highest BCUT2D eigenvalue weighted by Gasteiger charge is 2.11. The summed E-state index contributed by atoms with van der Waals surface area (Å²) < 4.78 is 19.2. The molecule has 0 saturated heterocycles. The van der Waals surface area contributed by atoms with Gasteiger partial charge in [0.25, 0.3) is 0 Å². The number of ether oxygens (including phenoxy) is 1. The summed E-state index contributed by atoms with van der Waals surface area (Å²) in [5.74, 6) is 0.170. The second kappa shape index (κ2) is 8.11. The summed E-state index contributed by atoms with van der Waals surface area (Å²) in [6, 6.07) is 10.6. The van der Waals surface area contributed by atoms with E-state index in [1.165, 1.54) is 29.5 Å². The Hall–Kier alpha value is -2.71. The number of amides is 2. The van der Waals surface area contributed by atoms with Crippen LogP contribution in [-0.4, -0.2) is 16.2 Å². The Morgan fingerprint density at radius 1 is 1.23 bits per heavy atom. The van der Waals surface area contributed by atoms with Crippen LogP contribution in [0, 0.1) is 12.7 Å². The summed E-state index contributed by atoms with van der Waals surface area (Å²) in [7, 11) is 0. The van der Waals surface area contributed by atoms with E-state index in [1.54, 1.807) is 24.3 Å². The number of urea groups is 1. The van der Waals surface area contributed by atoms with Crippen LogP contribution in [0.1, 0.15) is 10.6 Å². The molecule has 0 aliphatic rings. The van der Waals surface area contributed by atoms with Gasteiger partial charge < -0.3 is 10.1 Å². The third kappa shape index (κ3) is 4.68. The number of carbonyl (C=O) groups is 1. The molecule has 1 heterocycles. The van der Waals surface area contributed by atoms with E-state index in [9.17, 15) is 9.18 Å². The third-order valence-corrected chi connectivity index (χ3v) is 4.34. The quantitative estimate of drug-likeness (QED) is 0.650. The molecule has 0 aliphatic carbocycles. The number of benzene rings is 2. The van der Waals surface area contributed by atoms with Crippen LogP contribution in [0.5, 0.6) is 5.75 Å². The second-order valence-electron chi connectivity index (χ2n) is 5.26. The predicted molar refractivity (Wildman–Crippen MR) is 99.5 cm³/mol. The Balaban J connectivity index is 1.56. The maximum Gasteiger partial charge on any atom is 0.325 e. The molecule has 0 saturated carbocycles. The fourth-order valence-corrected chi connectivity index (χ4v) is 2.96. The van der Waals surface area contributed by atoms with Gasteiger partial charge in [0.2, 0.25) is 5.13 Å². The molecule has 0 bridgehead atoms. The van der Waals surface area contributed by atoms with Crippen molar-refractivity contribution >= 4 is 39.8 Å². The maximum atomic E-state index is 13.5. The van der Waals surface area contributed by atoms with Crippen molar-refractivity contribution < 1.29 is 13.9 Å². The van der Waals surface area contributed by atoms with Crippen molar-refractivity contribution in [3.05, 3.63) is 63.9 Å². The van der Waals surface area contributed by atoms with Crippen molar-refractivity contribution in [1.29, 1.82) is 0 Å². The predicted octanol–water partition coefficient (Wildman–Crippen LogP) is 4.86. The lowest BCUT2D eigenvalue weighted by Gasteiger charge is -2.07. The number of aryl methyl sites for hydroxylation is 1. The van der Waals surface area contributed by atoms with Gasteiger partial charge >= 0.3 is 6.03 Å². The summed E-state index contributed by atoms with van der Waals surface area (Å²) in [4.78, 5) is 11.9. The van der Waals surface area contributed by atoms with Crippen molar-refractivity contribution in [2.75, 3.05) is 10.6 Å². The molecule has 2 aromatic carbocycles. The van der Waals surface area contributed by atoms with Gasteiger partial charge in [0.1, 0.15) is 18.2 Å². The molecule has 134 valence electrons. The molecule has 3 aromatic rings. The second-order valence-corrected chi connectivity index (χ2v) is 6.76. The first-order valence-corrected chi connectivity index (χ1v) is 8.74. The van der Waals surface area contributed by atoms with Crippen molar-refractivity contribution in [3.8, 4) is 5.75 Å². The van der Waals surface area contributed by atoms with Gasteiger partial charge in [-0.25, -0.2) is 9.18 Å². The van der Waals surface area contributed by atoms with E-state index in [1.807, 2.05) is 6.92 Å². The number of hydrogen-bond donors (Lipinski definition) is 2. The van der Waals surface area contributed by atoms with Crippen LogP contribution in [0.2, 0.25) is 5.02 Å². The van der Waals surface area contributed by atoms with E-state index >= 15 is 0 Å². The van der Waals surface area contributed by atoms with E-state index in [0.717, 1.165) is 5.56 Å². The molecule has 0 radical (unpaired) electrons. The molecule has 9 heteroatoms. The Morgan fingerprint density at radius 2 is 2.04 bits per heavy atom. The van der Waals surface area contributed by atoms with Gasteiger partial charge in [0.05, 0.1) is 5.69 Å². The monoisotopic (exact) mass is 392 g/mol. The number of carbonyl (C=O) groups excluding carboxylic acids is 1. The number of rotatable bonds is 5. The average molecular weight is 393 g/mol. The highest BCUT2D eigenvalue weighted by molar-refractivity contribution is 7.15. The minimum atomic E-state index is -0.604. The fourth-order valence-electron chi connectivity index (χ4n) is 2.09. The zero-order valence-electron chi connectivity index (χ0n) is 13.6. The minimum absolute atomic E-state index is 0.0799. The van der Waals surface area contributed by atoms with Crippen LogP contribution >= 0.6 is 22.9 Å². The van der Waals surface area contributed by atoms with Gasteiger partial charge in [-0.1, -0.05) is 35.1 Å². The Bertz CT molecular complexity index is 935. The average Bonchev–Trinajstić information content (AvgIpc) is 3.03. The summed E-state index contributed by atoms with van der Waals surface area (Å²) in [5, 5.41) is 14.3. The summed E-state index contributed by atoms with van der Waals surface area (Å²) in [6.45, 7) is 2.10. The van der Waals surface area contributed by atoms with Crippen LogP contribution < -0.4 is 15.4 Å². The Kier molecular flexibility index (Phi) is 5.65. The van der Waals surface area contributed by atoms with Gasteiger partial charge in [0, 0.05) is 5.02 Å². The fraction of sp³-hybridized carbons (Fsp3) is 0.118. The molecule has 0 aliphatic heterocycles. The SMILES string of the molecule is Cc1cc(Cl)ccc1OCc1nnc(NC(=O)Nc2ccccc2F)s1. The van der Waals surface area contributed by atoms with E-state index in [2.05, 4.69) is 20.8 Å². The smallest absolute Gasteiger partial charge is 0.325 e. The van der Waals surface area contributed by atoms with Crippen molar-refractivity contribution in [2.24, 2.45) is 0 Å². The van der Waals surface area contributed by atoms with E-state index < -0.39 is 11.8 Å². The minimum Gasteiger partial charge on any atom is -0.486 e. The number of nitrogens with zero attached hydrogens (tertiary/aromatic N) is 2. The topological polar surface area (TPSA) is 76.1 Å². The number of anilines is 2.